The van der Waals surface area contributed by atoms with Crippen molar-refractivity contribution in [2.24, 2.45) is 0 Å². The van der Waals surface area contributed by atoms with Gasteiger partial charge >= 0.3 is 53.4 Å². The van der Waals surface area contributed by atoms with Gasteiger partial charge in [-0.25, -0.2) is 0 Å². The summed E-state index contributed by atoms with van der Waals surface area (Å²) < 4.78 is 1.53. The van der Waals surface area contributed by atoms with Gasteiger partial charge in [0.05, 0.1) is 0 Å². The fourth-order valence-corrected chi connectivity index (χ4v) is 2.33. The van der Waals surface area contributed by atoms with E-state index in [1.807, 2.05) is 11.3 Å². The number of rotatable bonds is 1. The molecule has 0 saturated carbocycles. The molecule has 1 aromatic rings. The molecule has 1 heterocycles. The van der Waals surface area contributed by atoms with E-state index in [9.17, 15) is 0 Å². The van der Waals surface area contributed by atoms with Crippen molar-refractivity contribution in [2.45, 2.75) is 5.82 Å². The Balaban J connectivity index is 2.76. The molecule has 0 aliphatic rings. The number of thiophene rings is 1. The van der Waals surface area contributed by atoms with Crippen molar-refractivity contribution in [3.63, 3.8) is 0 Å². The van der Waals surface area contributed by atoms with E-state index < -0.39 is 0 Å². The monoisotopic (exact) mass is 178 g/mol. The summed E-state index contributed by atoms with van der Waals surface area (Å²) in [6.07, 6.45) is 0. The van der Waals surface area contributed by atoms with E-state index in [1.165, 1.54) is 3.78 Å². The molecule has 0 amide bonds. The van der Waals surface area contributed by atoms with Gasteiger partial charge in [0.15, 0.2) is 0 Å². The van der Waals surface area contributed by atoms with Crippen LogP contribution in [0, 0.1) is 0 Å². The van der Waals surface area contributed by atoms with Crippen LogP contribution in [0.25, 0.3) is 0 Å². The third-order valence-corrected chi connectivity index (χ3v) is 3.96. The summed E-state index contributed by atoms with van der Waals surface area (Å²) in [7, 11) is 0. The fourth-order valence-electron chi connectivity index (χ4n) is 0.380. The molecule has 0 fully saturated rings. The zero-order chi connectivity index (χ0) is 5.11. The van der Waals surface area contributed by atoms with Gasteiger partial charge in [0.25, 0.3) is 0 Å². The molecule has 7 heavy (non-hydrogen) atoms. The minimum absolute atomic E-state index is 0.716. The Bertz CT molecular complexity index is 123. The molecule has 0 saturated heterocycles. The van der Waals surface area contributed by atoms with E-state index in [1.54, 1.807) is 0 Å². The second-order valence-electron chi connectivity index (χ2n) is 1.14. The van der Waals surface area contributed by atoms with Crippen molar-refractivity contribution in [3.05, 3.63) is 17.5 Å². The first kappa shape index (κ1) is 5.36. The van der Waals surface area contributed by atoms with Gasteiger partial charge in [0.1, 0.15) is 0 Å². The summed E-state index contributed by atoms with van der Waals surface area (Å²) in [4.78, 5) is 0. The molecule has 0 radical (unpaired) electrons. The Hall–Kier alpha value is 0.219. The molecule has 0 aliphatic carbocycles. The average Bonchev–Trinajstić information content (AvgIpc) is 2.14. The van der Waals surface area contributed by atoms with Crippen molar-refractivity contribution in [3.8, 4) is 0 Å². The van der Waals surface area contributed by atoms with Crippen LogP contribution in [0.1, 0.15) is 0 Å². The number of hydrogen-bond donors (Lipinski definition) is 0. The van der Waals surface area contributed by atoms with Crippen LogP contribution in [0.15, 0.2) is 17.5 Å². The predicted octanol–water partition coefficient (Wildman–Crippen LogP) is 1.13. The molecule has 0 atom stereocenters. The topological polar surface area (TPSA) is 0 Å². The van der Waals surface area contributed by atoms with E-state index in [4.69, 9.17) is 0 Å². The summed E-state index contributed by atoms with van der Waals surface area (Å²) in [6, 6.07) is 4.29. The van der Waals surface area contributed by atoms with Crippen LogP contribution in [0.5, 0.6) is 0 Å². The van der Waals surface area contributed by atoms with Crippen LogP contribution in [0.2, 0.25) is 5.82 Å². The molecule has 0 N–H and O–H groups in total. The zero-order valence-corrected chi connectivity index (χ0v) is 6.58. The van der Waals surface area contributed by atoms with E-state index in [-0.39, 0.29) is 0 Å². The first-order valence-corrected chi connectivity index (χ1v) is 5.46. The third kappa shape index (κ3) is 1.30. The summed E-state index contributed by atoms with van der Waals surface area (Å²) in [6.45, 7) is 0. The van der Waals surface area contributed by atoms with Crippen molar-refractivity contribution < 1.29 is 0 Å². The Labute approximate surface area is 53.7 Å². The van der Waals surface area contributed by atoms with Crippen LogP contribution in [0.4, 0.5) is 0 Å². The van der Waals surface area contributed by atoms with Gasteiger partial charge in [-0.05, 0) is 0 Å². The zero-order valence-electron chi connectivity index (χ0n) is 4.05. The molecule has 0 spiro atoms. The van der Waals surface area contributed by atoms with E-state index in [0.29, 0.717) is 15.0 Å². The van der Waals surface area contributed by atoms with E-state index in [0.717, 1.165) is 0 Å². The van der Waals surface area contributed by atoms with Crippen LogP contribution >= 0.6 is 11.3 Å². The van der Waals surface area contributed by atoms with Crippen molar-refractivity contribution in [1.29, 1.82) is 0 Å². The molecule has 38 valence electrons. The summed E-state index contributed by atoms with van der Waals surface area (Å²) in [5.74, 6) is 2.23. The average molecular weight is 177 g/mol. The van der Waals surface area contributed by atoms with E-state index >= 15 is 0 Å². The van der Waals surface area contributed by atoms with Gasteiger partial charge in [-0.15, -0.1) is 0 Å². The fraction of sp³-hybridized carbons (Fsp3) is 0.200. The molecule has 0 nitrogen and oxygen atoms in total. The summed E-state index contributed by atoms with van der Waals surface area (Å²) in [5, 5.41) is 2.13. The molecular weight excluding hydrogens is 171 g/mol. The molecular formula is C5H6SSe. The van der Waals surface area contributed by atoms with Gasteiger partial charge in [0.2, 0.25) is 0 Å². The summed E-state index contributed by atoms with van der Waals surface area (Å²) >= 11 is 2.57. The molecule has 0 aliphatic heterocycles. The van der Waals surface area contributed by atoms with Crippen molar-refractivity contribution in [2.75, 3.05) is 0 Å². The van der Waals surface area contributed by atoms with E-state index in [2.05, 4.69) is 23.3 Å². The van der Waals surface area contributed by atoms with Gasteiger partial charge in [0, 0.05) is 0 Å². The standard InChI is InChI=1S/C5H6SSe/c1-7-5-3-2-4-6-5/h2-4H,1H3. The van der Waals surface area contributed by atoms with Gasteiger partial charge in [-0.3, -0.25) is 0 Å². The van der Waals surface area contributed by atoms with Gasteiger partial charge < -0.3 is 0 Å². The maximum absolute atomic E-state index is 2.23. The quantitative estimate of drug-likeness (QED) is 0.564. The maximum atomic E-state index is 2.23. The Morgan fingerprint density at radius 1 is 1.71 bits per heavy atom. The van der Waals surface area contributed by atoms with Crippen LogP contribution < -0.4 is 3.78 Å². The second-order valence-corrected chi connectivity index (χ2v) is 4.45. The first-order valence-electron chi connectivity index (χ1n) is 2.01. The second kappa shape index (κ2) is 2.51. The molecule has 0 bridgehead atoms. The molecule has 1 aromatic heterocycles. The van der Waals surface area contributed by atoms with Crippen LogP contribution in [-0.2, 0) is 0 Å². The Morgan fingerprint density at radius 3 is 2.86 bits per heavy atom. The molecule has 0 aromatic carbocycles. The Morgan fingerprint density at radius 2 is 2.57 bits per heavy atom. The van der Waals surface area contributed by atoms with Crippen molar-refractivity contribution >= 4 is 30.1 Å². The van der Waals surface area contributed by atoms with Crippen LogP contribution in [-0.4, -0.2) is 15.0 Å². The molecule has 0 unspecified atom stereocenters. The molecule has 1 rings (SSSR count). The normalized spacial score (nSPS) is 9.29. The first-order chi connectivity index (χ1) is 3.43. The van der Waals surface area contributed by atoms with Crippen molar-refractivity contribution in [1.82, 2.24) is 0 Å². The van der Waals surface area contributed by atoms with Gasteiger partial charge in [-0.2, -0.15) is 0 Å². The Kier molecular flexibility index (Phi) is 1.92. The third-order valence-electron chi connectivity index (χ3n) is 0.696. The van der Waals surface area contributed by atoms with Crippen LogP contribution in [0.3, 0.4) is 0 Å². The number of hydrogen-bond acceptors (Lipinski definition) is 1. The van der Waals surface area contributed by atoms with Gasteiger partial charge in [-0.1, -0.05) is 0 Å². The molecule has 2 heteroatoms. The summed E-state index contributed by atoms with van der Waals surface area (Å²) in [5.41, 5.74) is 0. The minimum atomic E-state index is 0.716. The SMILES string of the molecule is C[Se]c1cccs1. The predicted molar refractivity (Wildman–Crippen MR) is 35.6 cm³/mol.